The van der Waals surface area contributed by atoms with E-state index in [-0.39, 0.29) is 6.61 Å². The van der Waals surface area contributed by atoms with Crippen LogP contribution in [0.5, 0.6) is 0 Å². The average Bonchev–Trinajstić information content (AvgIpc) is 2.37. The second-order valence-electron chi connectivity index (χ2n) is 3.44. The van der Waals surface area contributed by atoms with Crippen LogP contribution in [0, 0.1) is 11.3 Å². The number of carbonyl (C=O) groups excluding carboxylic acids is 1. The molecule has 0 spiro atoms. The summed E-state index contributed by atoms with van der Waals surface area (Å²) in [4.78, 5) is 17.0. The summed E-state index contributed by atoms with van der Waals surface area (Å²) in [5, 5.41) is 9.16. The minimum Gasteiger partial charge on any atom is -0.449 e. The molecule has 5 nitrogen and oxygen atoms in total. The van der Waals surface area contributed by atoms with Crippen LogP contribution in [0.15, 0.2) is 29.3 Å². The highest BCUT2D eigenvalue weighted by molar-refractivity contribution is 5.87. The van der Waals surface area contributed by atoms with Crippen LogP contribution in [0.25, 0.3) is 0 Å². The van der Waals surface area contributed by atoms with Crippen LogP contribution in [0.2, 0.25) is 0 Å². The van der Waals surface area contributed by atoms with Gasteiger partial charge in [0.2, 0.25) is 0 Å². The van der Waals surface area contributed by atoms with E-state index in [1.165, 1.54) is 11.2 Å². The molecular formula is C12H11N3O2. The first-order chi connectivity index (χ1) is 8.27. The molecule has 1 aliphatic heterocycles. The van der Waals surface area contributed by atoms with Gasteiger partial charge in [-0.15, -0.1) is 0 Å². The Hall–Kier alpha value is -2.35. The number of para-hydroxylation sites is 1. The van der Waals surface area contributed by atoms with Crippen LogP contribution in [0.4, 0.5) is 10.5 Å². The Bertz CT molecular complexity index is 505. The van der Waals surface area contributed by atoms with Crippen molar-refractivity contribution in [3.05, 3.63) is 29.8 Å². The molecule has 0 aliphatic carbocycles. The van der Waals surface area contributed by atoms with Gasteiger partial charge in [0.05, 0.1) is 18.4 Å². The molecule has 2 rings (SSSR count). The fourth-order valence-corrected chi connectivity index (χ4v) is 1.66. The SMILES string of the molecule is CCOC(=O)N1C=Nc2ccccc2C1C#N. The number of aliphatic imine (C=N–C) groups is 1. The summed E-state index contributed by atoms with van der Waals surface area (Å²) in [6, 6.07) is 8.64. The maximum atomic E-state index is 11.6. The van der Waals surface area contributed by atoms with Crippen molar-refractivity contribution in [1.29, 1.82) is 5.26 Å². The fourth-order valence-electron chi connectivity index (χ4n) is 1.66. The third-order valence-electron chi connectivity index (χ3n) is 2.43. The second kappa shape index (κ2) is 4.66. The summed E-state index contributed by atoms with van der Waals surface area (Å²) in [6.45, 7) is 1.98. The lowest BCUT2D eigenvalue weighted by molar-refractivity contribution is 0.123. The highest BCUT2D eigenvalue weighted by Gasteiger charge is 2.29. The van der Waals surface area contributed by atoms with Gasteiger partial charge in [0.1, 0.15) is 6.34 Å². The van der Waals surface area contributed by atoms with Gasteiger partial charge < -0.3 is 4.74 Å². The van der Waals surface area contributed by atoms with Crippen molar-refractivity contribution in [2.45, 2.75) is 13.0 Å². The van der Waals surface area contributed by atoms with E-state index in [0.717, 1.165) is 0 Å². The van der Waals surface area contributed by atoms with E-state index in [0.29, 0.717) is 11.3 Å². The third kappa shape index (κ3) is 1.97. The summed E-state index contributed by atoms with van der Waals surface area (Å²) in [7, 11) is 0. The second-order valence-corrected chi connectivity index (χ2v) is 3.44. The molecule has 86 valence electrons. The summed E-state index contributed by atoms with van der Waals surface area (Å²) in [5.74, 6) is 0. The number of fused-ring (bicyclic) bond motifs is 1. The van der Waals surface area contributed by atoms with Crippen LogP contribution in [-0.2, 0) is 4.74 Å². The number of ether oxygens (including phenoxy) is 1. The number of carbonyl (C=O) groups is 1. The lowest BCUT2D eigenvalue weighted by Gasteiger charge is -2.26. The van der Waals surface area contributed by atoms with Gasteiger partial charge in [-0.2, -0.15) is 5.26 Å². The van der Waals surface area contributed by atoms with Crippen LogP contribution in [-0.4, -0.2) is 23.9 Å². The first kappa shape index (κ1) is 11.1. The van der Waals surface area contributed by atoms with Gasteiger partial charge in [-0.05, 0) is 13.0 Å². The van der Waals surface area contributed by atoms with E-state index >= 15 is 0 Å². The van der Waals surface area contributed by atoms with Crippen molar-refractivity contribution >= 4 is 18.1 Å². The van der Waals surface area contributed by atoms with Gasteiger partial charge in [-0.1, -0.05) is 18.2 Å². The topological polar surface area (TPSA) is 65.7 Å². The number of benzene rings is 1. The smallest absolute Gasteiger partial charge is 0.416 e. The number of rotatable bonds is 1. The molecule has 1 aromatic rings. The minimum atomic E-state index is -0.678. The molecule has 0 radical (unpaired) electrons. The van der Waals surface area contributed by atoms with Crippen LogP contribution < -0.4 is 0 Å². The predicted octanol–water partition coefficient (Wildman–Crippen LogP) is 2.38. The lowest BCUT2D eigenvalue weighted by atomic mass is 10.0. The van der Waals surface area contributed by atoms with Gasteiger partial charge >= 0.3 is 6.09 Å². The Kier molecular flexibility index (Phi) is 3.06. The van der Waals surface area contributed by atoms with Gasteiger partial charge in [0.25, 0.3) is 0 Å². The first-order valence-corrected chi connectivity index (χ1v) is 5.25. The maximum absolute atomic E-state index is 11.6. The van der Waals surface area contributed by atoms with Gasteiger partial charge in [0.15, 0.2) is 6.04 Å². The Labute approximate surface area is 98.9 Å². The number of hydrogen-bond donors (Lipinski definition) is 0. The Morgan fingerprint density at radius 1 is 1.59 bits per heavy atom. The molecule has 0 fully saturated rings. The number of amides is 1. The summed E-state index contributed by atoms with van der Waals surface area (Å²) >= 11 is 0. The van der Waals surface area contributed by atoms with Crippen molar-refractivity contribution in [1.82, 2.24) is 4.90 Å². The summed E-state index contributed by atoms with van der Waals surface area (Å²) in [5.41, 5.74) is 1.42. The van der Waals surface area contributed by atoms with Crippen molar-refractivity contribution in [2.75, 3.05) is 6.61 Å². The van der Waals surface area contributed by atoms with Crippen molar-refractivity contribution < 1.29 is 9.53 Å². The quantitative estimate of drug-likeness (QED) is 0.742. The van der Waals surface area contributed by atoms with E-state index in [4.69, 9.17) is 10.00 Å². The Balaban J connectivity index is 2.36. The standard InChI is InChI=1S/C12H11N3O2/c1-2-17-12(16)15-8-14-10-6-4-3-5-9(10)11(15)7-13/h3-6,8,11H,2H2,1H3. The van der Waals surface area contributed by atoms with E-state index in [9.17, 15) is 4.79 Å². The lowest BCUT2D eigenvalue weighted by Crippen LogP contribution is -2.35. The van der Waals surface area contributed by atoms with Gasteiger partial charge in [-0.25, -0.2) is 14.7 Å². The molecule has 1 unspecified atom stereocenters. The van der Waals surface area contributed by atoms with Gasteiger partial charge in [0, 0.05) is 5.56 Å². The van der Waals surface area contributed by atoms with E-state index in [1.54, 1.807) is 19.1 Å². The molecule has 1 aliphatic rings. The zero-order valence-corrected chi connectivity index (χ0v) is 9.33. The van der Waals surface area contributed by atoms with Gasteiger partial charge in [-0.3, -0.25) is 0 Å². The molecular weight excluding hydrogens is 218 g/mol. The van der Waals surface area contributed by atoms with E-state index < -0.39 is 12.1 Å². The average molecular weight is 229 g/mol. The molecule has 0 bridgehead atoms. The third-order valence-corrected chi connectivity index (χ3v) is 2.43. The first-order valence-electron chi connectivity index (χ1n) is 5.25. The molecule has 5 heteroatoms. The summed E-state index contributed by atoms with van der Waals surface area (Å²) < 4.78 is 4.87. The van der Waals surface area contributed by atoms with Crippen molar-refractivity contribution in [2.24, 2.45) is 4.99 Å². The molecule has 17 heavy (non-hydrogen) atoms. The highest BCUT2D eigenvalue weighted by atomic mass is 16.6. The zero-order valence-electron chi connectivity index (χ0n) is 9.33. The fraction of sp³-hybridized carbons (Fsp3) is 0.250. The molecule has 0 aromatic heterocycles. The van der Waals surface area contributed by atoms with Crippen LogP contribution >= 0.6 is 0 Å². The van der Waals surface area contributed by atoms with E-state index in [2.05, 4.69) is 11.1 Å². The number of nitrogens with zero attached hydrogens (tertiary/aromatic N) is 3. The molecule has 0 saturated carbocycles. The van der Waals surface area contributed by atoms with Crippen LogP contribution in [0.3, 0.4) is 0 Å². The Morgan fingerprint density at radius 3 is 3.06 bits per heavy atom. The molecule has 1 aromatic carbocycles. The number of hydrogen-bond acceptors (Lipinski definition) is 4. The largest absolute Gasteiger partial charge is 0.449 e. The molecule has 1 atom stereocenters. The van der Waals surface area contributed by atoms with Crippen molar-refractivity contribution in [3.8, 4) is 6.07 Å². The number of nitriles is 1. The molecule has 1 amide bonds. The highest BCUT2D eigenvalue weighted by Crippen LogP contribution is 2.32. The molecule has 1 heterocycles. The van der Waals surface area contributed by atoms with E-state index in [1.807, 2.05) is 12.1 Å². The zero-order chi connectivity index (χ0) is 12.3. The van der Waals surface area contributed by atoms with Crippen LogP contribution in [0.1, 0.15) is 18.5 Å². The Morgan fingerprint density at radius 2 is 2.35 bits per heavy atom. The monoisotopic (exact) mass is 229 g/mol. The maximum Gasteiger partial charge on any atom is 0.416 e. The summed E-state index contributed by atoms with van der Waals surface area (Å²) in [6.07, 6.45) is 0.783. The molecule has 0 saturated heterocycles. The normalized spacial score (nSPS) is 17.2. The predicted molar refractivity (Wildman–Crippen MR) is 61.8 cm³/mol. The van der Waals surface area contributed by atoms with Crippen molar-refractivity contribution in [3.63, 3.8) is 0 Å². The molecule has 0 N–H and O–H groups in total. The minimum absolute atomic E-state index is 0.267.